The fourth-order valence-corrected chi connectivity index (χ4v) is 3.06. The standard InChI is InChI=1S/C16H20N2O2/c19-16(20)14-7-5-6-13-12(10-17-15(13)14)11-18-8-3-1-2-4-9-18/h5-7,10,17H,1-4,8-9,11H2,(H,19,20). The third-order valence-electron chi connectivity index (χ3n) is 4.12. The van der Waals surface area contributed by atoms with Crippen LogP contribution in [0.4, 0.5) is 0 Å². The van der Waals surface area contributed by atoms with Crippen LogP contribution in [0.25, 0.3) is 10.9 Å². The zero-order valence-corrected chi connectivity index (χ0v) is 11.6. The Bertz CT molecular complexity index is 610. The number of fused-ring (bicyclic) bond motifs is 1. The number of carboxylic acid groups (broad SMARTS) is 1. The van der Waals surface area contributed by atoms with Gasteiger partial charge in [-0.3, -0.25) is 4.90 Å². The van der Waals surface area contributed by atoms with Crippen LogP contribution in [0.2, 0.25) is 0 Å². The Hall–Kier alpha value is -1.81. The minimum Gasteiger partial charge on any atom is -0.478 e. The lowest BCUT2D eigenvalue weighted by molar-refractivity contribution is 0.0699. The van der Waals surface area contributed by atoms with Crippen molar-refractivity contribution in [1.82, 2.24) is 9.88 Å². The summed E-state index contributed by atoms with van der Waals surface area (Å²) in [4.78, 5) is 16.8. The summed E-state index contributed by atoms with van der Waals surface area (Å²) in [5.74, 6) is -0.876. The highest BCUT2D eigenvalue weighted by Gasteiger charge is 2.15. The van der Waals surface area contributed by atoms with Crippen LogP contribution >= 0.6 is 0 Å². The molecule has 0 bridgehead atoms. The lowest BCUT2D eigenvalue weighted by Gasteiger charge is -2.19. The Morgan fingerprint density at radius 1 is 1.20 bits per heavy atom. The molecule has 0 amide bonds. The maximum Gasteiger partial charge on any atom is 0.337 e. The summed E-state index contributed by atoms with van der Waals surface area (Å²) in [6.07, 6.45) is 7.15. The van der Waals surface area contributed by atoms with Gasteiger partial charge in [0.2, 0.25) is 0 Å². The maximum absolute atomic E-state index is 11.2. The molecule has 1 saturated heterocycles. The van der Waals surface area contributed by atoms with E-state index in [0.29, 0.717) is 5.56 Å². The van der Waals surface area contributed by atoms with Gasteiger partial charge >= 0.3 is 5.97 Å². The van der Waals surface area contributed by atoms with Gasteiger partial charge in [-0.15, -0.1) is 0 Å². The van der Waals surface area contributed by atoms with Crippen molar-refractivity contribution < 1.29 is 9.90 Å². The number of carboxylic acids is 1. The number of carbonyl (C=O) groups is 1. The number of para-hydroxylation sites is 1. The number of rotatable bonds is 3. The number of aromatic nitrogens is 1. The van der Waals surface area contributed by atoms with Crippen LogP contribution < -0.4 is 0 Å². The first-order valence-electron chi connectivity index (χ1n) is 7.30. The molecule has 1 aliphatic rings. The molecule has 0 atom stereocenters. The number of aromatic amines is 1. The van der Waals surface area contributed by atoms with Crippen molar-refractivity contribution >= 4 is 16.9 Å². The third-order valence-corrected chi connectivity index (χ3v) is 4.12. The van der Waals surface area contributed by atoms with E-state index in [0.717, 1.165) is 30.5 Å². The van der Waals surface area contributed by atoms with E-state index < -0.39 is 5.97 Å². The topological polar surface area (TPSA) is 56.3 Å². The number of nitrogens with one attached hydrogen (secondary N) is 1. The molecule has 2 heterocycles. The SMILES string of the molecule is O=C(O)c1cccc2c(CN3CCCCCC3)c[nH]c12. The molecule has 106 valence electrons. The summed E-state index contributed by atoms with van der Waals surface area (Å²) in [5.41, 5.74) is 2.29. The minimum absolute atomic E-state index is 0.351. The molecule has 4 heteroatoms. The van der Waals surface area contributed by atoms with E-state index in [1.807, 2.05) is 18.3 Å². The van der Waals surface area contributed by atoms with Crippen molar-refractivity contribution in [1.29, 1.82) is 0 Å². The van der Waals surface area contributed by atoms with Gasteiger partial charge in [-0.1, -0.05) is 25.0 Å². The van der Waals surface area contributed by atoms with Crippen molar-refractivity contribution in [3.8, 4) is 0 Å². The number of H-pyrrole nitrogens is 1. The van der Waals surface area contributed by atoms with Crippen LogP contribution in [-0.4, -0.2) is 34.0 Å². The molecular formula is C16H20N2O2. The van der Waals surface area contributed by atoms with E-state index in [9.17, 15) is 9.90 Å². The smallest absolute Gasteiger partial charge is 0.337 e. The summed E-state index contributed by atoms with van der Waals surface area (Å²) >= 11 is 0. The first kappa shape index (κ1) is 13.2. The van der Waals surface area contributed by atoms with Crippen molar-refractivity contribution in [2.45, 2.75) is 32.2 Å². The van der Waals surface area contributed by atoms with Gasteiger partial charge in [0.05, 0.1) is 11.1 Å². The van der Waals surface area contributed by atoms with Crippen LogP contribution in [0.3, 0.4) is 0 Å². The highest BCUT2D eigenvalue weighted by Crippen LogP contribution is 2.24. The van der Waals surface area contributed by atoms with Crippen molar-refractivity contribution in [2.24, 2.45) is 0 Å². The van der Waals surface area contributed by atoms with Crippen LogP contribution in [0.5, 0.6) is 0 Å². The molecule has 1 aromatic carbocycles. The minimum atomic E-state index is -0.876. The summed E-state index contributed by atoms with van der Waals surface area (Å²) in [7, 11) is 0. The number of hydrogen-bond donors (Lipinski definition) is 2. The van der Waals surface area contributed by atoms with E-state index in [1.165, 1.54) is 31.2 Å². The Kier molecular flexibility index (Phi) is 3.74. The Labute approximate surface area is 118 Å². The van der Waals surface area contributed by atoms with Gasteiger partial charge in [-0.2, -0.15) is 0 Å². The fourth-order valence-electron chi connectivity index (χ4n) is 3.06. The lowest BCUT2D eigenvalue weighted by Crippen LogP contribution is -2.23. The molecule has 0 saturated carbocycles. The highest BCUT2D eigenvalue weighted by molar-refractivity contribution is 6.02. The number of likely N-dealkylation sites (tertiary alicyclic amines) is 1. The summed E-state index contributed by atoms with van der Waals surface area (Å²) in [5, 5.41) is 10.3. The monoisotopic (exact) mass is 272 g/mol. The van der Waals surface area contributed by atoms with Crippen LogP contribution in [0, 0.1) is 0 Å². The molecule has 20 heavy (non-hydrogen) atoms. The average Bonchev–Trinajstić information content (AvgIpc) is 2.68. The Morgan fingerprint density at radius 3 is 2.65 bits per heavy atom. The summed E-state index contributed by atoms with van der Waals surface area (Å²) < 4.78 is 0. The molecule has 0 spiro atoms. The van der Waals surface area contributed by atoms with Gasteiger partial charge < -0.3 is 10.1 Å². The van der Waals surface area contributed by atoms with Crippen molar-refractivity contribution in [3.05, 3.63) is 35.5 Å². The number of hydrogen-bond acceptors (Lipinski definition) is 2. The normalized spacial score (nSPS) is 17.2. The molecule has 1 fully saturated rings. The number of benzene rings is 1. The van der Waals surface area contributed by atoms with Crippen molar-refractivity contribution in [2.75, 3.05) is 13.1 Å². The zero-order valence-electron chi connectivity index (χ0n) is 11.6. The highest BCUT2D eigenvalue weighted by atomic mass is 16.4. The summed E-state index contributed by atoms with van der Waals surface area (Å²) in [6, 6.07) is 5.48. The van der Waals surface area contributed by atoms with Crippen LogP contribution in [0.1, 0.15) is 41.6 Å². The van der Waals surface area contributed by atoms with Gasteiger partial charge in [0.1, 0.15) is 0 Å². The molecule has 0 aliphatic carbocycles. The Morgan fingerprint density at radius 2 is 1.95 bits per heavy atom. The van der Waals surface area contributed by atoms with Gasteiger partial charge in [0.25, 0.3) is 0 Å². The van der Waals surface area contributed by atoms with Crippen LogP contribution in [-0.2, 0) is 6.54 Å². The lowest BCUT2D eigenvalue weighted by atomic mass is 10.1. The number of aromatic carboxylic acids is 1. The Balaban J connectivity index is 1.88. The second-order valence-corrected chi connectivity index (χ2v) is 5.54. The molecule has 0 radical (unpaired) electrons. The molecule has 2 N–H and O–H groups in total. The maximum atomic E-state index is 11.2. The van der Waals surface area contributed by atoms with Crippen LogP contribution in [0.15, 0.2) is 24.4 Å². The molecule has 0 unspecified atom stereocenters. The second-order valence-electron chi connectivity index (χ2n) is 5.54. The zero-order chi connectivity index (χ0) is 13.9. The molecule has 4 nitrogen and oxygen atoms in total. The van der Waals surface area contributed by atoms with E-state index in [4.69, 9.17) is 0 Å². The number of nitrogens with zero attached hydrogens (tertiary/aromatic N) is 1. The molecule has 2 aromatic rings. The van der Waals surface area contributed by atoms with E-state index in [2.05, 4.69) is 9.88 Å². The van der Waals surface area contributed by atoms with E-state index >= 15 is 0 Å². The fraction of sp³-hybridized carbons (Fsp3) is 0.438. The first-order valence-corrected chi connectivity index (χ1v) is 7.30. The average molecular weight is 272 g/mol. The second kappa shape index (κ2) is 5.67. The molecule has 1 aromatic heterocycles. The quantitative estimate of drug-likeness (QED) is 0.901. The van der Waals surface area contributed by atoms with Crippen molar-refractivity contribution in [3.63, 3.8) is 0 Å². The molecular weight excluding hydrogens is 252 g/mol. The van der Waals surface area contributed by atoms with Gasteiger partial charge in [-0.25, -0.2) is 4.79 Å². The molecule has 1 aliphatic heterocycles. The predicted molar refractivity (Wildman–Crippen MR) is 79.0 cm³/mol. The van der Waals surface area contributed by atoms with E-state index in [-0.39, 0.29) is 0 Å². The van der Waals surface area contributed by atoms with Gasteiger partial charge in [-0.05, 0) is 37.6 Å². The summed E-state index contributed by atoms with van der Waals surface area (Å²) in [6.45, 7) is 3.19. The van der Waals surface area contributed by atoms with Gasteiger partial charge in [0, 0.05) is 18.1 Å². The molecule has 3 rings (SSSR count). The first-order chi connectivity index (χ1) is 9.75. The predicted octanol–water partition coefficient (Wildman–Crippen LogP) is 3.24. The van der Waals surface area contributed by atoms with E-state index in [1.54, 1.807) is 6.07 Å². The van der Waals surface area contributed by atoms with Gasteiger partial charge in [0.15, 0.2) is 0 Å². The largest absolute Gasteiger partial charge is 0.478 e. The third kappa shape index (κ3) is 2.56.